The van der Waals surface area contributed by atoms with Crippen LogP contribution in [0.2, 0.25) is 0 Å². The fraction of sp³-hybridized carbons (Fsp3) is 0.286. The van der Waals surface area contributed by atoms with Crippen molar-refractivity contribution in [2.45, 2.75) is 31.8 Å². The Hall–Kier alpha value is -4.48. The molecule has 39 heavy (non-hydrogen) atoms. The van der Waals surface area contributed by atoms with E-state index < -0.39 is 11.2 Å². The Kier molecular flexibility index (Phi) is 9.44. The number of anilines is 1. The van der Waals surface area contributed by atoms with Crippen molar-refractivity contribution in [3.8, 4) is 5.75 Å². The van der Waals surface area contributed by atoms with Gasteiger partial charge < -0.3 is 30.0 Å². The van der Waals surface area contributed by atoms with Gasteiger partial charge in [-0.15, -0.1) is 0 Å². The molecule has 204 valence electrons. The normalized spacial score (nSPS) is 16.5. The summed E-state index contributed by atoms with van der Waals surface area (Å²) >= 11 is 0. The van der Waals surface area contributed by atoms with E-state index in [1.54, 1.807) is 13.2 Å². The van der Waals surface area contributed by atoms with Crippen LogP contribution in [0.15, 0.2) is 78.7 Å². The fourth-order valence-corrected chi connectivity index (χ4v) is 3.98. The molecule has 0 bridgehead atoms. The summed E-state index contributed by atoms with van der Waals surface area (Å²) in [5, 5.41) is 25.8. The van der Waals surface area contributed by atoms with Gasteiger partial charge in [0.15, 0.2) is 5.76 Å². The molecular weight excluding hydrogens is 504 g/mol. The summed E-state index contributed by atoms with van der Waals surface area (Å²) in [5.74, 6) is 0.864. The van der Waals surface area contributed by atoms with Crippen LogP contribution in [0, 0.1) is 10.1 Å². The fourth-order valence-electron chi connectivity index (χ4n) is 3.98. The van der Waals surface area contributed by atoms with E-state index in [1.165, 1.54) is 18.3 Å². The third-order valence-corrected chi connectivity index (χ3v) is 6.14. The molecule has 2 atom stereocenters. The number of ether oxygens (including phenoxy) is 3. The second-order valence-corrected chi connectivity index (χ2v) is 8.82. The predicted octanol–water partition coefficient (Wildman–Crippen LogP) is 3.65. The topological polar surface area (TPSA) is 145 Å². The molecule has 0 saturated carbocycles. The van der Waals surface area contributed by atoms with E-state index in [0.29, 0.717) is 18.8 Å². The average Bonchev–Trinajstić information content (AvgIpc) is 2.98. The van der Waals surface area contributed by atoms with Crippen molar-refractivity contribution < 1.29 is 29.0 Å². The monoisotopic (exact) mass is 534 g/mol. The molecule has 11 heteroatoms. The lowest BCUT2D eigenvalue weighted by molar-refractivity contribution is -0.385. The highest BCUT2D eigenvalue weighted by Gasteiger charge is 2.29. The number of hydrogen-bond donors (Lipinski definition) is 3. The largest absolute Gasteiger partial charge is 0.497 e. The van der Waals surface area contributed by atoms with Gasteiger partial charge in [0.1, 0.15) is 17.8 Å². The zero-order chi connectivity index (χ0) is 27.6. The Bertz CT molecular complexity index is 1280. The molecular formula is C28H30N4O7. The van der Waals surface area contributed by atoms with Crippen molar-refractivity contribution >= 4 is 17.4 Å². The van der Waals surface area contributed by atoms with Crippen LogP contribution in [0.25, 0.3) is 0 Å². The van der Waals surface area contributed by atoms with Crippen molar-refractivity contribution in [1.29, 1.82) is 0 Å². The molecule has 3 N–H and O–H groups in total. The molecule has 0 fully saturated rings. The van der Waals surface area contributed by atoms with E-state index >= 15 is 0 Å². The molecule has 1 aliphatic heterocycles. The lowest BCUT2D eigenvalue weighted by Crippen LogP contribution is -2.35. The number of nitro groups is 1. The summed E-state index contributed by atoms with van der Waals surface area (Å²) in [4.78, 5) is 27.2. The molecule has 3 aromatic rings. The van der Waals surface area contributed by atoms with Gasteiger partial charge in [0.25, 0.3) is 11.6 Å². The van der Waals surface area contributed by atoms with Crippen LogP contribution in [-0.2, 0) is 27.5 Å². The van der Waals surface area contributed by atoms with Crippen LogP contribution in [0.3, 0.4) is 0 Å². The van der Waals surface area contributed by atoms with Crippen molar-refractivity contribution in [1.82, 2.24) is 10.3 Å². The number of hydrogen-bond acceptors (Lipinski definition) is 9. The smallest absolute Gasteiger partial charge is 0.287 e. The van der Waals surface area contributed by atoms with Gasteiger partial charge in [0, 0.05) is 31.5 Å². The SMILES string of the molecule is COc1ccc([C@H]2C=C(C(=O)NCCNc3ccc([N+](=O)[O-])cn3)O[C@@H](OCc3ccc(CO)cc3)C2)cc1. The van der Waals surface area contributed by atoms with Gasteiger partial charge in [-0.1, -0.05) is 36.4 Å². The van der Waals surface area contributed by atoms with Crippen LogP contribution >= 0.6 is 0 Å². The van der Waals surface area contributed by atoms with Crippen LogP contribution in [0.1, 0.15) is 29.0 Å². The molecule has 11 nitrogen and oxygen atoms in total. The molecule has 0 aliphatic carbocycles. The second kappa shape index (κ2) is 13.4. The molecule has 2 heterocycles. The minimum atomic E-state index is -0.650. The van der Waals surface area contributed by atoms with E-state index in [4.69, 9.17) is 14.2 Å². The Labute approximate surface area is 225 Å². The molecule has 4 rings (SSSR count). The van der Waals surface area contributed by atoms with Crippen LogP contribution in [0.4, 0.5) is 11.5 Å². The zero-order valence-corrected chi connectivity index (χ0v) is 21.4. The van der Waals surface area contributed by atoms with Gasteiger partial charge in [-0.2, -0.15) is 0 Å². The molecule has 0 unspecified atom stereocenters. The van der Waals surface area contributed by atoms with Crippen LogP contribution < -0.4 is 15.4 Å². The highest BCUT2D eigenvalue weighted by Crippen LogP contribution is 2.32. The second-order valence-electron chi connectivity index (χ2n) is 8.82. The molecule has 1 amide bonds. The number of methoxy groups -OCH3 is 1. The lowest BCUT2D eigenvalue weighted by atomic mass is 9.93. The summed E-state index contributed by atoms with van der Waals surface area (Å²) in [5.41, 5.74) is 2.63. The number of nitrogens with zero attached hydrogens (tertiary/aromatic N) is 2. The summed E-state index contributed by atoms with van der Waals surface area (Å²) in [7, 11) is 1.61. The highest BCUT2D eigenvalue weighted by molar-refractivity contribution is 5.91. The van der Waals surface area contributed by atoms with Gasteiger partial charge in [-0.05, 0) is 41.0 Å². The third-order valence-electron chi connectivity index (χ3n) is 6.14. The maximum absolute atomic E-state index is 13.0. The summed E-state index contributed by atoms with van der Waals surface area (Å²) in [6.07, 6.45) is 2.83. The first kappa shape index (κ1) is 27.6. The zero-order valence-electron chi connectivity index (χ0n) is 21.4. The van der Waals surface area contributed by atoms with Gasteiger partial charge in [0.2, 0.25) is 6.29 Å². The molecule has 0 radical (unpaired) electrons. The maximum atomic E-state index is 13.0. The first-order valence-electron chi connectivity index (χ1n) is 12.4. The van der Waals surface area contributed by atoms with E-state index in [-0.39, 0.29) is 43.0 Å². The Morgan fingerprint density at radius 2 is 1.85 bits per heavy atom. The van der Waals surface area contributed by atoms with Gasteiger partial charge in [-0.3, -0.25) is 14.9 Å². The number of amides is 1. The summed E-state index contributed by atoms with van der Waals surface area (Å²) in [6, 6.07) is 17.9. The maximum Gasteiger partial charge on any atom is 0.287 e. The first-order valence-corrected chi connectivity index (χ1v) is 12.4. The third kappa shape index (κ3) is 7.76. The number of carbonyl (C=O) groups excluding carboxylic acids is 1. The van der Waals surface area contributed by atoms with E-state index in [1.807, 2.05) is 48.5 Å². The number of aliphatic hydroxyl groups excluding tert-OH is 1. The predicted molar refractivity (Wildman–Crippen MR) is 143 cm³/mol. The number of benzene rings is 2. The number of allylic oxidation sites excluding steroid dienone is 1. The summed E-state index contributed by atoms with van der Waals surface area (Å²) in [6.45, 7) is 0.885. The van der Waals surface area contributed by atoms with Gasteiger partial charge in [0.05, 0.1) is 25.2 Å². The number of rotatable bonds is 12. The Balaban J connectivity index is 1.37. The molecule has 0 saturated heterocycles. The Morgan fingerprint density at radius 3 is 2.49 bits per heavy atom. The van der Waals surface area contributed by atoms with Gasteiger partial charge >= 0.3 is 0 Å². The number of nitrogens with one attached hydrogen (secondary N) is 2. The van der Waals surface area contributed by atoms with Crippen molar-refractivity contribution in [3.63, 3.8) is 0 Å². The van der Waals surface area contributed by atoms with Crippen LogP contribution in [0.5, 0.6) is 5.75 Å². The van der Waals surface area contributed by atoms with Gasteiger partial charge in [-0.25, -0.2) is 4.98 Å². The number of carbonyl (C=O) groups is 1. The number of aliphatic hydroxyl groups is 1. The average molecular weight is 535 g/mol. The summed E-state index contributed by atoms with van der Waals surface area (Å²) < 4.78 is 17.2. The van der Waals surface area contributed by atoms with Crippen LogP contribution in [-0.4, -0.2) is 47.4 Å². The highest BCUT2D eigenvalue weighted by atomic mass is 16.7. The van der Waals surface area contributed by atoms with Crippen molar-refractivity contribution in [3.05, 3.63) is 106 Å². The first-order chi connectivity index (χ1) is 18.9. The standard InChI is InChI=1S/C28H30N4O7/c1-37-24-9-6-21(7-10-24)22-14-25(39-27(15-22)38-18-20-4-2-19(17-33)3-5-20)28(34)30-13-12-29-26-11-8-23(16-31-26)32(35)36/h2-11,14,16,22,27,33H,12-13,15,17-18H2,1H3,(H,29,31)(H,30,34)/t22-,27+/m0/s1. The van der Waals surface area contributed by atoms with E-state index in [2.05, 4.69) is 15.6 Å². The number of pyridine rings is 1. The lowest BCUT2D eigenvalue weighted by Gasteiger charge is -2.29. The van der Waals surface area contributed by atoms with E-state index in [9.17, 15) is 20.0 Å². The molecule has 1 aromatic heterocycles. The molecule has 0 spiro atoms. The quantitative estimate of drug-likeness (QED) is 0.180. The van der Waals surface area contributed by atoms with Crippen molar-refractivity contribution in [2.75, 3.05) is 25.5 Å². The van der Waals surface area contributed by atoms with Crippen molar-refractivity contribution in [2.24, 2.45) is 0 Å². The van der Waals surface area contributed by atoms with E-state index in [0.717, 1.165) is 22.4 Å². The molecule has 2 aromatic carbocycles. The molecule has 1 aliphatic rings. The number of aromatic nitrogens is 1. The Morgan fingerprint density at radius 1 is 1.10 bits per heavy atom. The minimum absolute atomic E-state index is 0.0282. The minimum Gasteiger partial charge on any atom is -0.497 e.